The Balaban J connectivity index is 1.17. The molecular weight excluding hydrogens is 548 g/mol. The summed E-state index contributed by atoms with van der Waals surface area (Å²) in [5.41, 5.74) is 4.04. The van der Waals surface area contributed by atoms with Crippen molar-refractivity contribution < 1.29 is 19.4 Å². The number of aliphatic hydroxyl groups excluding tert-OH is 1. The van der Waals surface area contributed by atoms with E-state index < -0.39 is 12.1 Å². The number of rotatable bonds is 11. The lowest BCUT2D eigenvalue weighted by molar-refractivity contribution is -0.117. The lowest BCUT2D eigenvalue weighted by Crippen LogP contribution is -2.48. The van der Waals surface area contributed by atoms with Gasteiger partial charge in [-0.3, -0.25) is 4.79 Å². The van der Waals surface area contributed by atoms with Gasteiger partial charge in [-0.15, -0.1) is 0 Å². The molecule has 5 aromatic rings. The van der Waals surface area contributed by atoms with Gasteiger partial charge in [0.1, 0.15) is 23.0 Å². The summed E-state index contributed by atoms with van der Waals surface area (Å²) >= 11 is 0. The van der Waals surface area contributed by atoms with Crippen molar-refractivity contribution in [3.8, 4) is 23.0 Å². The zero-order valence-electron chi connectivity index (χ0n) is 24.2. The zero-order chi connectivity index (χ0) is 30.1. The van der Waals surface area contributed by atoms with E-state index in [0.29, 0.717) is 35.6 Å². The summed E-state index contributed by atoms with van der Waals surface area (Å²) in [7, 11) is 0. The third kappa shape index (κ3) is 7.24. The first-order chi connectivity index (χ1) is 21.6. The minimum atomic E-state index is -0.854. The highest BCUT2D eigenvalue weighted by Crippen LogP contribution is 2.38. The molecule has 6 rings (SSSR count). The van der Waals surface area contributed by atoms with Gasteiger partial charge in [-0.05, 0) is 60.0 Å². The van der Waals surface area contributed by atoms with Crippen LogP contribution in [0.4, 0.5) is 0 Å². The maximum Gasteiger partial charge on any atom is 0.252 e. The highest BCUT2D eigenvalue weighted by Gasteiger charge is 2.26. The quantitative estimate of drug-likeness (QED) is 0.156. The van der Waals surface area contributed by atoms with E-state index in [1.807, 2.05) is 140 Å². The van der Waals surface area contributed by atoms with E-state index in [1.54, 1.807) is 0 Å². The number of nitrogens with one attached hydrogen (secondary N) is 2. The van der Waals surface area contributed by atoms with Gasteiger partial charge in [0.2, 0.25) is 0 Å². The van der Waals surface area contributed by atoms with Gasteiger partial charge in [0.25, 0.3) is 5.91 Å². The second-order valence-corrected chi connectivity index (χ2v) is 10.7. The standard InChI is InChI=1S/C38H34N2O4/c41-35(26-39-25-28-14-11-18-31(22-28)43-30-16-5-2-6-17-30)34(23-27-12-3-1-4-13-27)40-38(42)33-24-29-15-7-9-20-36(29)44-37-21-10-8-19-32(33)37/h1-22,24,34-35,39,41H,23,25-26H2,(H,40,42)/t34-,35-/m0/s1. The van der Waals surface area contributed by atoms with Crippen molar-refractivity contribution in [2.75, 3.05) is 6.54 Å². The monoisotopic (exact) mass is 582 g/mol. The topological polar surface area (TPSA) is 79.8 Å². The number of carbonyl (C=O) groups is 1. The van der Waals surface area contributed by atoms with Crippen molar-refractivity contribution >= 4 is 17.6 Å². The van der Waals surface area contributed by atoms with E-state index in [4.69, 9.17) is 9.47 Å². The highest BCUT2D eigenvalue weighted by molar-refractivity contribution is 6.25. The van der Waals surface area contributed by atoms with Gasteiger partial charge in [-0.1, -0.05) is 97.1 Å². The number of carbonyl (C=O) groups excluding carboxylic acids is 1. The summed E-state index contributed by atoms with van der Waals surface area (Å²) in [6.07, 6.45) is 1.47. The highest BCUT2D eigenvalue weighted by atomic mass is 16.5. The average Bonchev–Trinajstić information content (AvgIpc) is 3.22. The number of amides is 1. The second-order valence-electron chi connectivity index (χ2n) is 10.7. The summed E-state index contributed by atoms with van der Waals surface area (Å²) in [6, 6.07) is 42.0. The average molecular weight is 583 g/mol. The third-order valence-corrected chi connectivity index (χ3v) is 7.50. The smallest absolute Gasteiger partial charge is 0.252 e. The minimum Gasteiger partial charge on any atom is -0.457 e. The Morgan fingerprint density at radius 3 is 2.20 bits per heavy atom. The van der Waals surface area contributed by atoms with Crippen molar-refractivity contribution in [2.24, 2.45) is 0 Å². The van der Waals surface area contributed by atoms with Crippen LogP contribution in [0.1, 0.15) is 22.3 Å². The number of ether oxygens (including phenoxy) is 2. The number of benzene rings is 5. The number of para-hydroxylation sites is 3. The summed E-state index contributed by atoms with van der Waals surface area (Å²) < 4.78 is 12.1. The van der Waals surface area contributed by atoms with E-state index in [9.17, 15) is 9.90 Å². The van der Waals surface area contributed by atoms with Crippen LogP contribution >= 0.6 is 0 Å². The van der Waals surface area contributed by atoms with E-state index in [-0.39, 0.29) is 12.5 Å². The van der Waals surface area contributed by atoms with Crippen LogP contribution in [0.25, 0.3) is 11.6 Å². The Morgan fingerprint density at radius 2 is 1.39 bits per heavy atom. The fraction of sp³-hybridized carbons (Fsp3) is 0.132. The van der Waals surface area contributed by atoms with Gasteiger partial charge in [-0.2, -0.15) is 0 Å². The van der Waals surface area contributed by atoms with E-state index >= 15 is 0 Å². The summed E-state index contributed by atoms with van der Waals surface area (Å²) in [4.78, 5) is 13.9. The largest absolute Gasteiger partial charge is 0.457 e. The van der Waals surface area contributed by atoms with Gasteiger partial charge in [0.15, 0.2) is 0 Å². The lowest BCUT2D eigenvalue weighted by Gasteiger charge is -2.25. The molecule has 3 N–H and O–H groups in total. The molecule has 0 saturated carbocycles. The van der Waals surface area contributed by atoms with Crippen LogP contribution in [0.5, 0.6) is 23.0 Å². The molecule has 44 heavy (non-hydrogen) atoms. The molecule has 1 heterocycles. The Bertz CT molecular complexity index is 1740. The molecule has 0 radical (unpaired) electrons. The predicted octanol–water partition coefficient (Wildman–Crippen LogP) is 7.00. The lowest BCUT2D eigenvalue weighted by atomic mass is 9.98. The molecule has 2 atom stereocenters. The van der Waals surface area contributed by atoms with Gasteiger partial charge >= 0.3 is 0 Å². The Kier molecular flexibility index (Phi) is 9.12. The van der Waals surface area contributed by atoms with Crippen molar-refractivity contribution in [1.29, 1.82) is 0 Å². The van der Waals surface area contributed by atoms with Crippen LogP contribution in [-0.4, -0.2) is 29.7 Å². The first-order valence-electron chi connectivity index (χ1n) is 14.8. The molecule has 0 bridgehead atoms. The number of hydrogen-bond acceptors (Lipinski definition) is 5. The zero-order valence-corrected chi connectivity index (χ0v) is 24.2. The molecule has 0 aromatic heterocycles. The molecule has 0 aliphatic carbocycles. The van der Waals surface area contributed by atoms with Gasteiger partial charge in [0.05, 0.1) is 17.7 Å². The van der Waals surface area contributed by atoms with Crippen molar-refractivity contribution in [2.45, 2.75) is 25.1 Å². The van der Waals surface area contributed by atoms with Crippen LogP contribution in [0, 0.1) is 0 Å². The van der Waals surface area contributed by atoms with E-state index in [0.717, 1.165) is 28.2 Å². The molecule has 6 nitrogen and oxygen atoms in total. The summed E-state index contributed by atoms with van der Waals surface area (Å²) in [5, 5.41) is 17.9. The number of aliphatic hydroxyl groups is 1. The molecule has 0 unspecified atom stereocenters. The first kappa shape index (κ1) is 28.9. The van der Waals surface area contributed by atoms with Crippen LogP contribution in [0.3, 0.4) is 0 Å². The molecule has 0 fully saturated rings. The molecule has 1 amide bonds. The van der Waals surface area contributed by atoms with Crippen LogP contribution < -0.4 is 20.1 Å². The predicted molar refractivity (Wildman–Crippen MR) is 174 cm³/mol. The fourth-order valence-corrected chi connectivity index (χ4v) is 5.26. The molecule has 0 spiro atoms. The van der Waals surface area contributed by atoms with Gasteiger partial charge in [0, 0.05) is 24.2 Å². The Labute approximate surface area is 257 Å². The van der Waals surface area contributed by atoms with Gasteiger partial charge in [-0.25, -0.2) is 0 Å². The van der Waals surface area contributed by atoms with Crippen molar-refractivity contribution in [1.82, 2.24) is 10.6 Å². The Morgan fingerprint density at radius 1 is 0.727 bits per heavy atom. The summed E-state index contributed by atoms with van der Waals surface area (Å²) in [5.74, 6) is 2.54. The molecule has 1 aliphatic rings. The third-order valence-electron chi connectivity index (χ3n) is 7.50. The van der Waals surface area contributed by atoms with E-state index in [2.05, 4.69) is 10.6 Å². The van der Waals surface area contributed by atoms with Crippen molar-refractivity contribution in [3.05, 3.63) is 156 Å². The SMILES string of the molecule is O=C(N[C@@H](Cc1ccccc1)[C@@H](O)CNCc1cccc(Oc2ccccc2)c1)C1=Cc2ccccc2Oc2ccccc21. The first-order valence-corrected chi connectivity index (χ1v) is 14.8. The maximum atomic E-state index is 13.9. The molecular formula is C38H34N2O4. The van der Waals surface area contributed by atoms with Crippen LogP contribution in [-0.2, 0) is 17.8 Å². The molecule has 1 aliphatic heterocycles. The van der Waals surface area contributed by atoms with E-state index in [1.165, 1.54) is 0 Å². The number of fused-ring (bicyclic) bond motifs is 2. The van der Waals surface area contributed by atoms with Crippen LogP contribution in [0.15, 0.2) is 133 Å². The fourth-order valence-electron chi connectivity index (χ4n) is 5.26. The normalized spacial score (nSPS) is 13.2. The second kappa shape index (κ2) is 13.9. The maximum absolute atomic E-state index is 13.9. The van der Waals surface area contributed by atoms with Crippen LogP contribution in [0.2, 0.25) is 0 Å². The number of hydrogen-bond donors (Lipinski definition) is 3. The molecule has 0 saturated heterocycles. The minimum absolute atomic E-state index is 0.275. The summed E-state index contributed by atoms with van der Waals surface area (Å²) in [6.45, 7) is 0.810. The molecule has 220 valence electrons. The Hall–Kier alpha value is -5.17. The van der Waals surface area contributed by atoms with Crippen molar-refractivity contribution in [3.63, 3.8) is 0 Å². The molecule has 6 heteroatoms. The van der Waals surface area contributed by atoms with Gasteiger partial charge < -0.3 is 25.2 Å². The molecule has 5 aromatic carbocycles.